The number of rotatable bonds is 8. The van der Waals surface area contributed by atoms with Gasteiger partial charge >= 0.3 is 0 Å². The molecule has 0 radical (unpaired) electrons. The third-order valence-corrected chi connectivity index (χ3v) is 4.90. The van der Waals surface area contributed by atoms with E-state index in [-0.39, 0.29) is 18.4 Å². The van der Waals surface area contributed by atoms with Crippen LogP contribution in [0.3, 0.4) is 0 Å². The van der Waals surface area contributed by atoms with Gasteiger partial charge in [-0.05, 0) is 63.3 Å². The number of aryl methyl sites for hydroxylation is 1. The number of likely N-dealkylation sites (N-methyl/N-ethyl adjacent to an activating group) is 1. The molecule has 7 nitrogen and oxygen atoms in total. The van der Waals surface area contributed by atoms with Gasteiger partial charge in [0.15, 0.2) is 12.7 Å². The van der Waals surface area contributed by atoms with E-state index in [4.69, 9.17) is 9.47 Å². The SMILES string of the molecule is CCc1cccc(OCC(=O)Nc2ccc3c(c2)N(CCN(C)C)C(=O)C(C)O3)c1. The Morgan fingerprint density at radius 3 is 2.77 bits per heavy atom. The fourth-order valence-electron chi connectivity index (χ4n) is 3.22. The number of hydrogen-bond acceptors (Lipinski definition) is 5. The van der Waals surface area contributed by atoms with Gasteiger partial charge in [-0.25, -0.2) is 0 Å². The van der Waals surface area contributed by atoms with Crippen LogP contribution in [0.5, 0.6) is 11.5 Å². The number of ether oxygens (including phenoxy) is 2. The lowest BCUT2D eigenvalue weighted by atomic mass is 10.1. The fraction of sp³-hybridized carbons (Fsp3) is 0.391. The Morgan fingerprint density at radius 2 is 2.03 bits per heavy atom. The van der Waals surface area contributed by atoms with Gasteiger partial charge < -0.3 is 24.6 Å². The first-order chi connectivity index (χ1) is 14.4. The van der Waals surface area contributed by atoms with Crippen LogP contribution in [0.1, 0.15) is 19.4 Å². The number of carbonyl (C=O) groups is 2. The van der Waals surface area contributed by atoms with Crippen LogP contribution in [-0.4, -0.2) is 56.6 Å². The molecule has 0 saturated carbocycles. The predicted octanol–water partition coefficient (Wildman–Crippen LogP) is 2.94. The summed E-state index contributed by atoms with van der Waals surface area (Å²) in [4.78, 5) is 28.7. The second-order valence-corrected chi connectivity index (χ2v) is 7.57. The number of amides is 2. The van der Waals surface area contributed by atoms with E-state index in [1.54, 1.807) is 30.0 Å². The highest BCUT2D eigenvalue weighted by Crippen LogP contribution is 2.36. The molecule has 1 unspecified atom stereocenters. The minimum absolute atomic E-state index is 0.0908. The molecule has 1 aliphatic rings. The van der Waals surface area contributed by atoms with E-state index in [0.29, 0.717) is 29.4 Å². The zero-order valence-corrected chi connectivity index (χ0v) is 18.0. The van der Waals surface area contributed by atoms with E-state index in [9.17, 15) is 9.59 Å². The first kappa shape index (κ1) is 21.6. The van der Waals surface area contributed by atoms with Crippen molar-refractivity contribution in [1.29, 1.82) is 0 Å². The monoisotopic (exact) mass is 411 g/mol. The molecule has 0 aliphatic carbocycles. The van der Waals surface area contributed by atoms with Crippen LogP contribution >= 0.6 is 0 Å². The average molecular weight is 412 g/mol. The molecule has 30 heavy (non-hydrogen) atoms. The average Bonchev–Trinajstić information content (AvgIpc) is 2.73. The van der Waals surface area contributed by atoms with Crippen molar-refractivity contribution in [3.05, 3.63) is 48.0 Å². The third kappa shape index (κ3) is 5.30. The van der Waals surface area contributed by atoms with Gasteiger partial charge in [-0.1, -0.05) is 19.1 Å². The maximum atomic E-state index is 12.6. The lowest BCUT2D eigenvalue weighted by Crippen LogP contribution is -2.46. The fourth-order valence-corrected chi connectivity index (χ4v) is 3.22. The summed E-state index contributed by atoms with van der Waals surface area (Å²) in [5.74, 6) is 0.935. The Morgan fingerprint density at radius 1 is 1.23 bits per heavy atom. The standard InChI is InChI=1S/C23H29N3O4/c1-5-17-7-6-8-19(13-17)29-15-22(27)24-18-9-10-21-20(14-18)26(12-11-25(3)4)23(28)16(2)30-21/h6-10,13-14,16H,5,11-12,15H2,1-4H3,(H,24,27). The Kier molecular flexibility index (Phi) is 6.95. The minimum Gasteiger partial charge on any atom is -0.484 e. The number of carbonyl (C=O) groups excluding carboxylic acids is 2. The molecule has 0 fully saturated rings. The van der Waals surface area contributed by atoms with Crippen molar-refractivity contribution in [3.8, 4) is 11.5 Å². The highest BCUT2D eigenvalue weighted by atomic mass is 16.5. The van der Waals surface area contributed by atoms with Crippen molar-refractivity contribution < 1.29 is 19.1 Å². The van der Waals surface area contributed by atoms with E-state index in [1.165, 1.54) is 0 Å². The van der Waals surface area contributed by atoms with Gasteiger partial charge in [0, 0.05) is 18.8 Å². The van der Waals surface area contributed by atoms with Crippen LogP contribution in [0.2, 0.25) is 0 Å². The molecule has 0 spiro atoms. The molecule has 1 atom stereocenters. The van der Waals surface area contributed by atoms with Gasteiger partial charge in [0.2, 0.25) is 0 Å². The second kappa shape index (κ2) is 9.63. The summed E-state index contributed by atoms with van der Waals surface area (Å²) in [7, 11) is 3.92. The molecular weight excluding hydrogens is 382 g/mol. The number of anilines is 2. The number of benzene rings is 2. The van der Waals surface area contributed by atoms with Crippen LogP contribution in [0.25, 0.3) is 0 Å². The minimum atomic E-state index is -0.535. The largest absolute Gasteiger partial charge is 0.484 e. The zero-order valence-electron chi connectivity index (χ0n) is 18.0. The van der Waals surface area contributed by atoms with Crippen LogP contribution < -0.4 is 19.7 Å². The van der Waals surface area contributed by atoms with E-state index in [0.717, 1.165) is 18.5 Å². The second-order valence-electron chi connectivity index (χ2n) is 7.57. The molecule has 1 N–H and O–H groups in total. The van der Waals surface area contributed by atoms with E-state index < -0.39 is 6.10 Å². The van der Waals surface area contributed by atoms with Gasteiger partial charge in [-0.2, -0.15) is 0 Å². The van der Waals surface area contributed by atoms with Crippen molar-refractivity contribution in [2.75, 3.05) is 44.0 Å². The summed E-state index contributed by atoms with van der Waals surface area (Å²) in [6.45, 7) is 4.98. The van der Waals surface area contributed by atoms with E-state index in [1.807, 2.05) is 43.3 Å². The smallest absolute Gasteiger partial charge is 0.267 e. The molecule has 3 rings (SSSR count). The van der Waals surface area contributed by atoms with Gasteiger partial charge in [0.25, 0.3) is 11.8 Å². The molecular formula is C23H29N3O4. The summed E-state index contributed by atoms with van der Waals surface area (Å²) in [5.41, 5.74) is 2.40. The Hall–Kier alpha value is -3.06. The molecule has 7 heteroatoms. The quantitative estimate of drug-likeness (QED) is 0.723. The molecule has 0 saturated heterocycles. The van der Waals surface area contributed by atoms with Gasteiger partial charge in [-0.3, -0.25) is 9.59 Å². The molecule has 1 aliphatic heterocycles. The van der Waals surface area contributed by atoms with Crippen molar-refractivity contribution in [3.63, 3.8) is 0 Å². The summed E-state index contributed by atoms with van der Waals surface area (Å²) < 4.78 is 11.3. The molecule has 1 heterocycles. The summed E-state index contributed by atoms with van der Waals surface area (Å²) in [5, 5.41) is 2.83. The molecule has 2 aromatic carbocycles. The van der Waals surface area contributed by atoms with Gasteiger partial charge in [0.05, 0.1) is 5.69 Å². The summed E-state index contributed by atoms with van der Waals surface area (Å²) in [6.07, 6.45) is 0.370. The van der Waals surface area contributed by atoms with E-state index >= 15 is 0 Å². The maximum Gasteiger partial charge on any atom is 0.267 e. The molecule has 2 aromatic rings. The first-order valence-corrected chi connectivity index (χ1v) is 10.2. The Bertz CT molecular complexity index is 913. The van der Waals surface area contributed by atoms with Crippen LogP contribution in [-0.2, 0) is 16.0 Å². The van der Waals surface area contributed by atoms with Crippen molar-refractivity contribution in [2.24, 2.45) is 0 Å². The van der Waals surface area contributed by atoms with Crippen molar-refractivity contribution in [2.45, 2.75) is 26.4 Å². The van der Waals surface area contributed by atoms with Crippen LogP contribution in [0.4, 0.5) is 11.4 Å². The van der Waals surface area contributed by atoms with E-state index in [2.05, 4.69) is 12.2 Å². The van der Waals surface area contributed by atoms with Crippen LogP contribution in [0.15, 0.2) is 42.5 Å². The maximum absolute atomic E-state index is 12.6. The number of hydrogen-bond donors (Lipinski definition) is 1. The normalized spacial score (nSPS) is 15.6. The Balaban J connectivity index is 1.68. The van der Waals surface area contributed by atoms with Gasteiger partial charge in [-0.15, -0.1) is 0 Å². The number of fused-ring (bicyclic) bond motifs is 1. The predicted molar refractivity (Wildman–Crippen MR) is 117 cm³/mol. The molecule has 0 aromatic heterocycles. The van der Waals surface area contributed by atoms with Crippen LogP contribution in [0, 0.1) is 0 Å². The number of nitrogens with zero attached hydrogens (tertiary/aromatic N) is 2. The van der Waals surface area contributed by atoms with Crippen molar-refractivity contribution in [1.82, 2.24) is 4.90 Å². The number of nitrogens with one attached hydrogen (secondary N) is 1. The Labute approximate surface area is 177 Å². The molecule has 160 valence electrons. The lowest BCUT2D eigenvalue weighted by molar-refractivity contribution is -0.125. The lowest BCUT2D eigenvalue weighted by Gasteiger charge is -2.34. The van der Waals surface area contributed by atoms with Crippen molar-refractivity contribution >= 4 is 23.2 Å². The first-order valence-electron chi connectivity index (χ1n) is 10.2. The molecule has 2 amide bonds. The molecule has 0 bridgehead atoms. The third-order valence-electron chi connectivity index (χ3n) is 4.90. The van der Waals surface area contributed by atoms with Gasteiger partial charge in [0.1, 0.15) is 11.5 Å². The highest BCUT2D eigenvalue weighted by molar-refractivity contribution is 6.01. The zero-order chi connectivity index (χ0) is 21.7. The summed E-state index contributed by atoms with van der Waals surface area (Å²) in [6, 6.07) is 13.0. The highest BCUT2D eigenvalue weighted by Gasteiger charge is 2.31. The topological polar surface area (TPSA) is 71.1 Å². The summed E-state index contributed by atoms with van der Waals surface area (Å²) >= 11 is 0.